The first-order valence-corrected chi connectivity index (χ1v) is 8.79. The Morgan fingerprint density at radius 1 is 1.24 bits per heavy atom. The molecule has 0 spiro atoms. The van der Waals surface area contributed by atoms with Crippen molar-refractivity contribution in [2.45, 2.75) is 6.04 Å². The van der Waals surface area contributed by atoms with Crippen LogP contribution in [-0.2, 0) is 0 Å². The summed E-state index contributed by atoms with van der Waals surface area (Å²) in [6.07, 6.45) is 0. The second-order valence-corrected chi connectivity index (χ2v) is 7.66. The standard InChI is InChI=1S/C15H15BrClFN2S/c16-10-1-2-12(18)11(9-10)15(13-3-4-14(17)21-13)20-7-5-19-6-8-20/h1-4,9,15,19H,5-8H2/t15-/m0/s1. The van der Waals surface area contributed by atoms with Crippen LogP contribution in [0, 0.1) is 5.82 Å². The third-order valence-corrected chi connectivity index (χ3v) is 5.41. The molecular formula is C15H15BrClFN2S. The van der Waals surface area contributed by atoms with Gasteiger partial charge in [-0.3, -0.25) is 4.90 Å². The molecule has 21 heavy (non-hydrogen) atoms. The van der Waals surface area contributed by atoms with Gasteiger partial charge in [0.1, 0.15) is 5.82 Å². The predicted octanol–water partition coefficient (Wildman–Crippen LogP) is 4.30. The van der Waals surface area contributed by atoms with Crippen molar-refractivity contribution in [3.05, 3.63) is 55.4 Å². The Morgan fingerprint density at radius 2 is 2.00 bits per heavy atom. The quantitative estimate of drug-likeness (QED) is 0.842. The van der Waals surface area contributed by atoms with Crippen LogP contribution in [0.15, 0.2) is 34.8 Å². The first-order chi connectivity index (χ1) is 10.1. The molecule has 0 unspecified atom stereocenters. The zero-order valence-electron chi connectivity index (χ0n) is 11.3. The van der Waals surface area contributed by atoms with Crippen LogP contribution in [0.1, 0.15) is 16.5 Å². The molecule has 1 aliphatic rings. The average molecular weight is 390 g/mol. The molecule has 6 heteroatoms. The molecule has 1 aromatic carbocycles. The maximum absolute atomic E-state index is 14.4. The SMILES string of the molecule is Fc1ccc(Br)cc1[C@@H](c1ccc(Cl)s1)N1CCNCC1. The smallest absolute Gasteiger partial charge is 0.128 e. The van der Waals surface area contributed by atoms with E-state index in [0.29, 0.717) is 5.56 Å². The third-order valence-electron chi connectivity index (χ3n) is 3.63. The normalized spacial score (nSPS) is 17.9. The second-order valence-electron chi connectivity index (χ2n) is 5.00. The number of nitrogens with zero attached hydrogens (tertiary/aromatic N) is 1. The average Bonchev–Trinajstić information content (AvgIpc) is 2.90. The van der Waals surface area contributed by atoms with E-state index in [0.717, 1.165) is 39.9 Å². The Bertz CT molecular complexity index is 628. The van der Waals surface area contributed by atoms with E-state index in [1.54, 1.807) is 6.07 Å². The lowest BCUT2D eigenvalue weighted by Crippen LogP contribution is -2.45. The minimum Gasteiger partial charge on any atom is -0.314 e. The zero-order chi connectivity index (χ0) is 14.8. The molecule has 0 radical (unpaired) electrons. The van der Waals surface area contributed by atoms with Crippen molar-refractivity contribution in [1.29, 1.82) is 0 Å². The molecule has 1 aromatic heterocycles. The molecule has 1 N–H and O–H groups in total. The summed E-state index contributed by atoms with van der Waals surface area (Å²) in [5.74, 6) is -0.175. The number of hydrogen-bond donors (Lipinski definition) is 1. The van der Waals surface area contributed by atoms with Crippen LogP contribution in [0.5, 0.6) is 0 Å². The first kappa shape index (κ1) is 15.4. The van der Waals surface area contributed by atoms with Crippen LogP contribution in [0.4, 0.5) is 4.39 Å². The summed E-state index contributed by atoms with van der Waals surface area (Å²) in [5.41, 5.74) is 0.699. The van der Waals surface area contributed by atoms with E-state index < -0.39 is 0 Å². The minimum atomic E-state index is -0.175. The molecular weight excluding hydrogens is 375 g/mol. The number of nitrogens with one attached hydrogen (secondary N) is 1. The molecule has 0 amide bonds. The van der Waals surface area contributed by atoms with Gasteiger partial charge in [0.05, 0.1) is 10.4 Å². The second kappa shape index (κ2) is 6.75. The van der Waals surface area contributed by atoms with Crippen molar-refractivity contribution in [3.63, 3.8) is 0 Å². The number of piperazine rings is 1. The van der Waals surface area contributed by atoms with E-state index in [9.17, 15) is 4.39 Å². The van der Waals surface area contributed by atoms with Crippen LogP contribution >= 0.6 is 38.9 Å². The predicted molar refractivity (Wildman–Crippen MR) is 89.7 cm³/mol. The monoisotopic (exact) mass is 388 g/mol. The van der Waals surface area contributed by atoms with Crippen molar-refractivity contribution < 1.29 is 4.39 Å². The van der Waals surface area contributed by atoms with Crippen LogP contribution in [-0.4, -0.2) is 31.1 Å². The van der Waals surface area contributed by atoms with Crippen molar-refractivity contribution in [3.8, 4) is 0 Å². The number of rotatable bonds is 3. The van der Waals surface area contributed by atoms with E-state index in [4.69, 9.17) is 11.6 Å². The van der Waals surface area contributed by atoms with Gasteiger partial charge in [-0.15, -0.1) is 11.3 Å². The van der Waals surface area contributed by atoms with Gasteiger partial charge < -0.3 is 5.32 Å². The molecule has 3 rings (SSSR count). The third kappa shape index (κ3) is 3.48. The van der Waals surface area contributed by atoms with Gasteiger partial charge in [-0.1, -0.05) is 27.5 Å². The van der Waals surface area contributed by atoms with Gasteiger partial charge in [-0.2, -0.15) is 0 Å². The summed E-state index contributed by atoms with van der Waals surface area (Å²) in [6, 6.07) is 8.92. The Morgan fingerprint density at radius 3 is 2.67 bits per heavy atom. The van der Waals surface area contributed by atoms with Gasteiger partial charge in [0, 0.05) is 41.1 Å². The summed E-state index contributed by atoms with van der Waals surface area (Å²) >= 11 is 11.1. The van der Waals surface area contributed by atoms with E-state index in [-0.39, 0.29) is 11.9 Å². The fraction of sp³-hybridized carbons (Fsp3) is 0.333. The highest BCUT2D eigenvalue weighted by molar-refractivity contribution is 9.10. The fourth-order valence-corrected chi connectivity index (χ4v) is 4.26. The maximum Gasteiger partial charge on any atom is 0.128 e. The molecule has 2 aromatic rings. The largest absolute Gasteiger partial charge is 0.314 e. The van der Waals surface area contributed by atoms with Crippen molar-refractivity contribution in [2.75, 3.05) is 26.2 Å². The molecule has 1 saturated heterocycles. The van der Waals surface area contributed by atoms with Crippen molar-refractivity contribution in [2.24, 2.45) is 0 Å². The highest BCUT2D eigenvalue weighted by Gasteiger charge is 2.27. The molecule has 0 aliphatic carbocycles. The van der Waals surface area contributed by atoms with Crippen molar-refractivity contribution >= 4 is 38.9 Å². The van der Waals surface area contributed by atoms with Gasteiger partial charge in [-0.25, -0.2) is 4.39 Å². The highest BCUT2D eigenvalue weighted by atomic mass is 79.9. The maximum atomic E-state index is 14.4. The molecule has 1 atom stereocenters. The van der Waals surface area contributed by atoms with E-state index in [1.807, 2.05) is 18.2 Å². The molecule has 0 bridgehead atoms. The van der Waals surface area contributed by atoms with Gasteiger partial charge in [0.25, 0.3) is 0 Å². The summed E-state index contributed by atoms with van der Waals surface area (Å²) in [6.45, 7) is 3.63. The number of hydrogen-bond acceptors (Lipinski definition) is 3. The lowest BCUT2D eigenvalue weighted by molar-refractivity contribution is 0.197. The van der Waals surface area contributed by atoms with Gasteiger partial charge >= 0.3 is 0 Å². The molecule has 112 valence electrons. The molecule has 2 heterocycles. The Kier molecular flexibility index (Phi) is 4.96. The van der Waals surface area contributed by atoms with Crippen LogP contribution < -0.4 is 5.32 Å². The van der Waals surface area contributed by atoms with Gasteiger partial charge in [-0.05, 0) is 30.3 Å². The summed E-state index contributed by atoms with van der Waals surface area (Å²) in [5, 5.41) is 3.34. The number of halogens is 3. The van der Waals surface area contributed by atoms with E-state index >= 15 is 0 Å². The topological polar surface area (TPSA) is 15.3 Å². The molecule has 1 fully saturated rings. The van der Waals surface area contributed by atoms with Crippen LogP contribution in [0.3, 0.4) is 0 Å². The van der Waals surface area contributed by atoms with Crippen LogP contribution in [0.25, 0.3) is 0 Å². The molecule has 0 saturated carbocycles. The lowest BCUT2D eigenvalue weighted by Gasteiger charge is -2.35. The van der Waals surface area contributed by atoms with Gasteiger partial charge in [0.2, 0.25) is 0 Å². The summed E-state index contributed by atoms with van der Waals surface area (Å²) < 4.78 is 16.0. The Hall–Kier alpha value is -0.460. The zero-order valence-corrected chi connectivity index (χ0v) is 14.4. The fourth-order valence-electron chi connectivity index (χ4n) is 2.67. The van der Waals surface area contributed by atoms with Gasteiger partial charge in [0.15, 0.2) is 0 Å². The summed E-state index contributed by atoms with van der Waals surface area (Å²) in [4.78, 5) is 3.39. The molecule has 2 nitrogen and oxygen atoms in total. The van der Waals surface area contributed by atoms with E-state index in [2.05, 4.69) is 26.1 Å². The van der Waals surface area contributed by atoms with Crippen molar-refractivity contribution in [1.82, 2.24) is 10.2 Å². The lowest BCUT2D eigenvalue weighted by atomic mass is 10.0. The first-order valence-electron chi connectivity index (χ1n) is 6.80. The Balaban J connectivity index is 2.04. The van der Waals surface area contributed by atoms with E-state index in [1.165, 1.54) is 17.4 Å². The minimum absolute atomic E-state index is 0.0814. The highest BCUT2D eigenvalue weighted by Crippen LogP contribution is 2.37. The Labute approximate surface area is 141 Å². The number of thiophene rings is 1. The summed E-state index contributed by atoms with van der Waals surface area (Å²) in [7, 11) is 0. The number of benzene rings is 1. The van der Waals surface area contributed by atoms with Crippen LogP contribution in [0.2, 0.25) is 4.34 Å². The molecule has 1 aliphatic heterocycles.